The Balaban J connectivity index is 1.46. The SMILES string of the molecule is CC1CN(c2ccc(NC(=O)c3ccc(Cl)c(-c4ccc(OC(F)(F)F)cc4)c3)cn2)CCO1. The standard InChI is InChI=1S/C24H21ClF3N3O3/c1-15-14-31(10-11-33-15)22-9-5-18(13-29-22)30-23(32)17-4-8-21(25)20(12-17)16-2-6-19(7-3-16)34-24(26,27)28/h2-9,12-13,15H,10-11,14H2,1H3,(H,30,32). The van der Waals surface area contributed by atoms with Gasteiger partial charge in [-0.05, 0) is 55.0 Å². The Bertz CT molecular complexity index is 1150. The van der Waals surface area contributed by atoms with Crippen LogP contribution in [0.15, 0.2) is 60.8 Å². The van der Waals surface area contributed by atoms with E-state index in [1.54, 1.807) is 30.5 Å². The third-order valence-corrected chi connectivity index (χ3v) is 5.53. The number of morpholine rings is 1. The molecule has 1 unspecified atom stereocenters. The molecule has 0 radical (unpaired) electrons. The summed E-state index contributed by atoms with van der Waals surface area (Å²) in [5.41, 5.74) is 1.91. The minimum atomic E-state index is -4.77. The first-order valence-corrected chi connectivity index (χ1v) is 10.9. The molecule has 0 saturated carbocycles. The molecule has 4 rings (SSSR count). The van der Waals surface area contributed by atoms with Crippen LogP contribution < -0.4 is 15.0 Å². The molecule has 10 heteroatoms. The minimum absolute atomic E-state index is 0.127. The maximum atomic E-state index is 12.8. The number of anilines is 2. The molecule has 1 aliphatic rings. The number of nitrogens with one attached hydrogen (secondary N) is 1. The van der Waals surface area contributed by atoms with Gasteiger partial charge in [0.15, 0.2) is 0 Å². The van der Waals surface area contributed by atoms with Crippen LogP contribution in [0.5, 0.6) is 5.75 Å². The Morgan fingerprint density at radius 3 is 2.59 bits per heavy atom. The zero-order chi connectivity index (χ0) is 24.3. The fourth-order valence-electron chi connectivity index (χ4n) is 3.60. The van der Waals surface area contributed by atoms with Crippen LogP contribution in [0.3, 0.4) is 0 Å². The van der Waals surface area contributed by atoms with E-state index in [9.17, 15) is 18.0 Å². The second kappa shape index (κ2) is 9.90. The van der Waals surface area contributed by atoms with Gasteiger partial charge in [-0.25, -0.2) is 4.98 Å². The quantitative estimate of drug-likeness (QED) is 0.490. The summed E-state index contributed by atoms with van der Waals surface area (Å²) in [6, 6.07) is 13.6. The van der Waals surface area contributed by atoms with Crippen LogP contribution >= 0.6 is 11.6 Å². The molecule has 1 amide bonds. The number of hydrogen-bond donors (Lipinski definition) is 1. The van der Waals surface area contributed by atoms with E-state index >= 15 is 0 Å². The first-order valence-electron chi connectivity index (χ1n) is 10.5. The zero-order valence-corrected chi connectivity index (χ0v) is 18.9. The number of amides is 1. The van der Waals surface area contributed by atoms with E-state index in [4.69, 9.17) is 16.3 Å². The third-order valence-electron chi connectivity index (χ3n) is 5.20. The molecule has 1 aromatic heterocycles. The predicted octanol–water partition coefficient (Wildman–Crippen LogP) is 5.78. The topological polar surface area (TPSA) is 63.7 Å². The Morgan fingerprint density at radius 2 is 1.94 bits per heavy atom. The average molecular weight is 492 g/mol. The molecule has 1 aliphatic heterocycles. The maximum Gasteiger partial charge on any atom is 0.573 e. The van der Waals surface area contributed by atoms with Crippen molar-refractivity contribution in [1.29, 1.82) is 0 Å². The summed E-state index contributed by atoms with van der Waals surface area (Å²) >= 11 is 6.28. The molecule has 3 aromatic rings. The van der Waals surface area contributed by atoms with Crippen molar-refractivity contribution in [3.8, 4) is 16.9 Å². The lowest BCUT2D eigenvalue weighted by Crippen LogP contribution is -2.41. The van der Waals surface area contributed by atoms with Crippen molar-refractivity contribution in [2.75, 3.05) is 29.9 Å². The van der Waals surface area contributed by atoms with E-state index in [0.717, 1.165) is 18.9 Å². The lowest BCUT2D eigenvalue weighted by molar-refractivity contribution is -0.274. The number of aromatic nitrogens is 1. The molecule has 0 aliphatic carbocycles. The van der Waals surface area contributed by atoms with Crippen molar-refractivity contribution < 1.29 is 27.4 Å². The molecule has 1 atom stereocenters. The monoisotopic (exact) mass is 491 g/mol. The van der Waals surface area contributed by atoms with Crippen LogP contribution in [0.2, 0.25) is 5.02 Å². The van der Waals surface area contributed by atoms with Crippen molar-refractivity contribution in [1.82, 2.24) is 4.98 Å². The lowest BCUT2D eigenvalue weighted by Gasteiger charge is -2.32. The molecule has 34 heavy (non-hydrogen) atoms. The van der Waals surface area contributed by atoms with Crippen molar-refractivity contribution in [3.05, 3.63) is 71.4 Å². The molecule has 2 aromatic carbocycles. The van der Waals surface area contributed by atoms with Crippen molar-refractivity contribution in [3.63, 3.8) is 0 Å². The van der Waals surface area contributed by atoms with E-state index in [0.29, 0.717) is 34.0 Å². The molecule has 2 heterocycles. The Morgan fingerprint density at radius 1 is 1.18 bits per heavy atom. The van der Waals surface area contributed by atoms with Crippen molar-refractivity contribution in [2.45, 2.75) is 19.4 Å². The summed E-state index contributed by atoms with van der Waals surface area (Å²) < 4.78 is 46.6. The molecule has 6 nitrogen and oxygen atoms in total. The largest absolute Gasteiger partial charge is 0.573 e. The third kappa shape index (κ3) is 5.98. The minimum Gasteiger partial charge on any atom is -0.406 e. The first kappa shape index (κ1) is 23.8. The number of carbonyl (C=O) groups excluding carboxylic acids is 1. The van der Waals surface area contributed by atoms with E-state index in [1.165, 1.54) is 24.3 Å². The van der Waals surface area contributed by atoms with Gasteiger partial charge >= 0.3 is 6.36 Å². The summed E-state index contributed by atoms with van der Waals surface area (Å²) in [6.45, 7) is 4.14. The summed E-state index contributed by atoms with van der Waals surface area (Å²) in [5, 5.41) is 3.15. The van der Waals surface area contributed by atoms with Crippen LogP contribution in [-0.4, -0.2) is 43.1 Å². The van der Waals surface area contributed by atoms with Crippen LogP contribution in [0.4, 0.5) is 24.7 Å². The van der Waals surface area contributed by atoms with E-state index in [-0.39, 0.29) is 17.8 Å². The van der Waals surface area contributed by atoms with E-state index < -0.39 is 6.36 Å². The van der Waals surface area contributed by atoms with Crippen LogP contribution in [0.25, 0.3) is 11.1 Å². The van der Waals surface area contributed by atoms with Gasteiger partial charge < -0.3 is 19.7 Å². The van der Waals surface area contributed by atoms with Gasteiger partial charge in [-0.15, -0.1) is 13.2 Å². The van der Waals surface area contributed by atoms with E-state index in [1.807, 2.05) is 13.0 Å². The van der Waals surface area contributed by atoms with Crippen molar-refractivity contribution in [2.24, 2.45) is 0 Å². The second-order valence-corrected chi connectivity index (χ2v) is 8.16. The molecule has 1 saturated heterocycles. The summed E-state index contributed by atoms with van der Waals surface area (Å²) in [6.07, 6.45) is -3.06. The van der Waals surface area contributed by atoms with Crippen LogP contribution in [0.1, 0.15) is 17.3 Å². The van der Waals surface area contributed by atoms with Crippen molar-refractivity contribution >= 4 is 29.0 Å². The van der Waals surface area contributed by atoms with Gasteiger partial charge in [0.1, 0.15) is 11.6 Å². The predicted molar refractivity (Wildman–Crippen MR) is 123 cm³/mol. The molecular weight excluding hydrogens is 471 g/mol. The number of rotatable bonds is 5. The highest BCUT2D eigenvalue weighted by atomic mass is 35.5. The molecule has 0 spiro atoms. The molecule has 1 fully saturated rings. The van der Waals surface area contributed by atoms with Crippen LogP contribution in [-0.2, 0) is 4.74 Å². The zero-order valence-electron chi connectivity index (χ0n) is 18.1. The molecule has 178 valence electrons. The number of alkyl halides is 3. The number of ether oxygens (including phenoxy) is 2. The normalized spacial score (nSPS) is 16.3. The average Bonchev–Trinajstić information content (AvgIpc) is 2.79. The summed E-state index contributed by atoms with van der Waals surface area (Å²) in [4.78, 5) is 19.4. The van der Waals surface area contributed by atoms with Crippen LogP contribution in [0, 0.1) is 0 Å². The highest BCUT2D eigenvalue weighted by Gasteiger charge is 2.31. The number of carbonyl (C=O) groups is 1. The number of halogens is 4. The number of hydrogen-bond acceptors (Lipinski definition) is 5. The maximum absolute atomic E-state index is 12.8. The van der Waals surface area contributed by atoms with Gasteiger partial charge in [-0.1, -0.05) is 23.7 Å². The Kier molecular flexibility index (Phi) is 6.95. The van der Waals surface area contributed by atoms with Gasteiger partial charge in [0, 0.05) is 29.2 Å². The fourth-order valence-corrected chi connectivity index (χ4v) is 3.83. The number of pyridine rings is 1. The highest BCUT2D eigenvalue weighted by Crippen LogP contribution is 2.32. The highest BCUT2D eigenvalue weighted by molar-refractivity contribution is 6.33. The second-order valence-electron chi connectivity index (χ2n) is 7.75. The van der Waals surface area contributed by atoms with Gasteiger partial charge in [-0.2, -0.15) is 0 Å². The first-order chi connectivity index (χ1) is 16.2. The lowest BCUT2D eigenvalue weighted by atomic mass is 10.0. The van der Waals surface area contributed by atoms with Gasteiger partial charge in [0.25, 0.3) is 5.91 Å². The van der Waals surface area contributed by atoms with Gasteiger partial charge in [-0.3, -0.25) is 4.79 Å². The number of benzene rings is 2. The molecular formula is C24H21ClF3N3O3. The summed E-state index contributed by atoms with van der Waals surface area (Å²) in [5.74, 6) is 0.0908. The fraction of sp³-hybridized carbons (Fsp3) is 0.250. The smallest absolute Gasteiger partial charge is 0.406 e. The molecule has 0 bridgehead atoms. The Hall–Kier alpha value is -3.30. The van der Waals surface area contributed by atoms with Gasteiger partial charge in [0.05, 0.1) is 24.6 Å². The summed E-state index contributed by atoms with van der Waals surface area (Å²) in [7, 11) is 0. The van der Waals surface area contributed by atoms with E-state index in [2.05, 4.69) is 19.9 Å². The molecule has 1 N–H and O–H groups in total. The van der Waals surface area contributed by atoms with Gasteiger partial charge in [0.2, 0.25) is 0 Å². The Labute approximate surface area is 199 Å². The number of nitrogens with zero attached hydrogens (tertiary/aromatic N) is 2.